The topological polar surface area (TPSA) is 35.2 Å². The summed E-state index contributed by atoms with van der Waals surface area (Å²) in [4.78, 5) is 0. The molecule has 78 valence electrons. The molecule has 0 fully saturated rings. The number of rotatable bonds is 6. The van der Waals surface area contributed by atoms with Gasteiger partial charge in [0.25, 0.3) is 0 Å². The summed E-state index contributed by atoms with van der Waals surface area (Å²) in [5.74, 6) is 0. The average molecular weight is 193 g/mol. The summed E-state index contributed by atoms with van der Waals surface area (Å²) in [7, 11) is 0. The highest BCUT2D eigenvalue weighted by Crippen LogP contribution is 2.01. The van der Waals surface area contributed by atoms with Gasteiger partial charge in [0.1, 0.15) is 0 Å². The van der Waals surface area contributed by atoms with Crippen molar-refractivity contribution in [1.29, 1.82) is 0 Å². The normalized spacial score (nSPS) is 12.7. The molecule has 14 heavy (non-hydrogen) atoms. The third-order valence-electron chi connectivity index (χ3n) is 2.10. The first-order valence-electron chi connectivity index (χ1n) is 5.20. The summed E-state index contributed by atoms with van der Waals surface area (Å²) in [6.07, 6.45) is 2.16. The fraction of sp³-hybridized carbons (Fsp3) is 0.500. The SMILES string of the molecule is CCC[C@H](N)COCc1ccccc1. The van der Waals surface area contributed by atoms with Crippen molar-refractivity contribution >= 4 is 0 Å². The van der Waals surface area contributed by atoms with Crippen LogP contribution in [0, 0.1) is 0 Å². The first kappa shape index (κ1) is 11.2. The molecule has 0 aromatic heterocycles. The molecule has 1 aromatic rings. The zero-order valence-corrected chi connectivity index (χ0v) is 8.78. The molecule has 0 amide bonds. The Bertz CT molecular complexity index is 235. The average Bonchev–Trinajstić information content (AvgIpc) is 2.20. The minimum Gasteiger partial charge on any atom is -0.375 e. The maximum absolute atomic E-state index is 5.82. The van der Waals surface area contributed by atoms with E-state index in [1.165, 1.54) is 5.56 Å². The molecule has 1 rings (SSSR count). The van der Waals surface area contributed by atoms with Crippen molar-refractivity contribution in [2.75, 3.05) is 6.61 Å². The van der Waals surface area contributed by atoms with Crippen molar-refractivity contribution in [2.45, 2.75) is 32.4 Å². The van der Waals surface area contributed by atoms with E-state index in [0.717, 1.165) is 12.8 Å². The van der Waals surface area contributed by atoms with Gasteiger partial charge >= 0.3 is 0 Å². The van der Waals surface area contributed by atoms with E-state index in [-0.39, 0.29) is 6.04 Å². The zero-order chi connectivity index (χ0) is 10.2. The summed E-state index contributed by atoms with van der Waals surface area (Å²) in [5.41, 5.74) is 7.03. The first-order chi connectivity index (χ1) is 6.83. The molecular weight excluding hydrogens is 174 g/mol. The molecule has 0 radical (unpaired) electrons. The molecule has 0 spiro atoms. The minimum atomic E-state index is 0.184. The van der Waals surface area contributed by atoms with E-state index in [9.17, 15) is 0 Å². The molecule has 1 aromatic carbocycles. The Hall–Kier alpha value is -0.860. The van der Waals surface area contributed by atoms with Crippen molar-refractivity contribution in [3.8, 4) is 0 Å². The van der Waals surface area contributed by atoms with Gasteiger partial charge in [-0.3, -0.25) is 0 Å². The third-order valence-corrected chi connectivity index (χ3v) is 2.10. The van der Waals surface area contributed by atoms with E-state index in [1.807, 2.05) is 18.2 Å². The molecule has 0 heterocycles. The van der Waals surface area contributed by atoms with Crippen LogP contribution >= 0.6 is 0 Å². The van der Waals surface area contributed by atoms with Gasteiger partial charge < -0.3 is 10.5 Å². The van der Waals surface area contributed by atoms with Gasteiger partial charge in [-0.05, 0) is 12.0 Å². The van der Waals surface area contributed by atoms with Gasteiger partial charge in [-0.1, -0.05) is 43.7 Å². The molecule has 2 nitrogen and oxygen atoms in total. The van der Waals surface area contributed by atoms with Gasteiger partial charge in [0.05, 0.1) is 13.2 Å². The Morgan fingerprint density at radius 3 is 2.64 bits per heavy atom. The number of benzene rings is 1. The highest BCUT2D eigenvalue weighted by Gasteiger charge is 2.00. The van der Waals surface area contributed by atoms with E-state index >= 15 is 0 Å². The summed E-state index contributed by atoms with van der Waals surface area (Å²) >= 11 is 0. The molecule has 0 aliphatic heterocycles. The van der Waals surface area contributed by atoms with E-state index in [4.69, 9.17) is 10.5 Å². The van der Waals surface area contributed by atoms with E-state index < -0.39 is 0 Å². The van der Waals surface area contributed by atoms with Crippen LogP contribution in [0.5, 0.6) is 0 Å². The molecule has 0 saturated heterocycles. The van der Waals surface area contributed by atoms with Gasteiger partial charge in [0.15, 0.2) is 0 Å². The van der Waals surface area contributed by atoms with Crippen LogP contribution in [0.2, 0.25) is 0 Å². The van der Waals surface area contributed by atoms with Crippen LogP contribution in [0.25, 0.3) is 0 Å². The van der Waals surface area contributed by atoms with Crippen LogP contribution in [-0.2, 0) is 11.3 Å². The maximum Gasteiger partial charge on any atom is 0.0717 e. The fourth-order valence-electron chi connectivity index (χ4n) is 1.36. The molecule has 2 heteroatoms. The fourth-order valence-corrected chi connectivity index (χ4v) is 1.36. The summed E-state index contributed by atoms with van der Waals surface area (Å²) in [5, 5.41) is 0. The molecular formula is C12H19NO. The van der Waals surface area contributed by atoms with E-state index in [0.29, 0.717) is 13.2 Å². The molecule has 0 aliphatic rings. The molecule has 0 aliphatic carbocycles. The Labute approximate surface area is 86.1 Å². The van der Waals surface area contributed by atoms with Crippen molar-refractivity contribution < 1.29 is 4.74 Å². The van der Waals surface area contributed by atoms with Gasteiger partial charge in [-0.15, -0.1) is 0 Å². The van der Waals surface area contributed by atoms with E-state index in [1.54, 1.807) is 0 Å². The predicted molar refractivity (Wildman–Crippen MR) is 59.0 cm³/mol. The van der Waals surface area contributed by atoms with Crippen molar-refractivity contribution in [1.82, 2.24) is 0 Å². The summed E-state index contributed by atoms with van der Waals surface area (Å²) in [6.45, 7) is 3.46. The minimum absolute atomic E-state index is 0.184. The number of hydrogen-bond acceptors (Lipinski definition) is 2. The highest BCUT2D eigenvalue weighted by atomic mass is 16.5. The predicted octanol–water partition coefficient (Wildman–Crippen LogP) is 2.33. The lowest BCUT2D eigenvalue weighted by molar-refractivity contribution is 0.106. The van der Waals surface area contributed by atoms with Crippen LogP contribution in [0.3, 0.4) is 0 Å². The zero-order valence-electron chi connectivity index (χ0n) is 8.78. The molecule has 2 N–H and O–H groups in total. The largest absolute Gasteiger partial charge is 0.375 e. The molecule has 1 atom stereocenters. The van der Waals surface area contributed by atoms with Crippen molar-refractivity contribution in [3.63, 3.8) is 0 Å². The Kier molecular flexibility index (Phi) is 5.27. The van der Waals surface area contributed by atoms with Crippen LogP contribution in [0.15, 0.2) is 30.3 Å². The number of ether oxygens (including phenoxy) is 1. The van der Waals surface area contributed by atoms with Gasteiger partial charge in [-0.25, -0.2) is 0 Å². The number of nitrogens with two attached hydrogens (primary N) is 1. The summed E-state index contributed by atoms with van der Waals surface area (Å²) in [6, 6.07) is 10.3. The standard InChI is InChI=1S/C12H19NO/c1-2-6-12(13)10-14-9-11-7-4-3-5-8-11/h3-5,7-8,12H,2,6,9-10,13H2,1H3/t12-/m0/s1. The molecule has 0 saturated carbocycles. The Morgan fingerprint density at radius 1 is 1.29 bits per heavy atom. The smallest absolute Gasteiger partial charge is 0.0717 e. The lowest BCUT2D eigenvalue weighted by atomic mass is 10.2. The van der Waals surface area contributed by atoms with Gasteiger partial charge in [0, 0.05) is 6.04 Å². The quantitative estimate of drug-likeness (QED) is 0.752. The Balaban J connectivity index is 2.16. The van der Waals surface area contributed by atoms with Crippen LogP contribution < -0.4 is 5.73 Å². The lowest BCUT2D eigenvalue weighted by Gasteiger charge is -2.10. The van der Waals surface area contributed by atoms with Crippen LogP contribution in [0.1, 0.15) is 25.3 Å². The lowest BCUT2D eigenvalue weighted by Crippen LogP contribution is -2.25. The van der Waals surface area contributed by atoms with Gasteiger partial charge in [0.2, 0.25) is 0 Å². The number of hydrogen-bond donors (Lipinski definition) is 1. The Morgan fingerprint density at radius 2 is 2.00 bits per heavy atom. The van der Waals surface area contributed by atoms with Crippen LogP contribution in [0.4, 0.5) is 0 Å². The second-order valence-electron chi connectivity index (χ2n) is 3.55. The summed E-state index contributed by atoms with van der Waals surface area (Å²) < 4.78 is 5.51. The second-order valence-corrected chi connectivity index (χ2v) is 3.55. The monoisotopic (exact) mass is 193 g/mol. The first-order valence-corrected chi connectivity index (χ1v) is 5.20. The van der Waals surface area contributed by atoms with Crippen LogP contribution in [-0.4, -0.2) is 12.6 Å². The third kappa shape index (κ3) is 4.40. The molecule has 0 bridgehead atoms. The van der Waals surface area contributed by atoms with Crippen molar-refractivity contribution in [2.24, 2.45) is 5.73 Å². The highest BCUT2D eigenvalue weighted by molar-refractivity contribution is 5.13. The van der Waals surface area contributed by atoms with E-state index in [2.05, 4.69) is 19.1 Å². The second kappa shape index (κ2) is 6.57. The maximum atomic E-state index is 5.82. The van der Waals surface area contributed by atoms with Gasteiger partial charge in [-0.2, -0.15) is 0 Å². The van der Waals surface area contributed by atoms with Crippen molar-refractivity contribution in [3.05, 3.63) is 35.9 Å². The molecule has 0 unspecified atom stereocenters.